The van der Waals surface area contributed by atoms with Crippen molar-refractivity contribution in [2.75, 3.05) is 13.1 Å². The van der Waals surface area contributed by atoms with Gasteiger partial charge in [-0.1, -0.05) is 39.0 Å². The van der Waals surface area contributed by atoms with Gasteiger partial charge in [0.1, 0.15) is 0 Å². The van der Waals surface area contributed by atoms with Crippen LogP contribution in [0.25, 0.3) is 0 Å². The van der Waals surface area contributed by atoms with Crippen molar-refractivity contribution in [1.29, 1.82) is 0 Å². The zero-order chi connectivity index (χ0) is 15.9. The maximum atomic E-state index is 12.1. The summed E-state index contributed by atoms with van der Waals surface area (Å²) in [6.07, 6.45) is 9.15. The molecule has 3 amide bonds. The Morgan fingerprint density at radius 1 is 1.18 bits per heavy atom. The first kappa shape index (κ1) is 17.1. The van der Waals surface area contributed by atoms with E-state index in [0.29, 0.717) is 13.0 Å². The average molecular weight is 309 g/mol. The third kappa shape index (κ3) is 5.18. The van der Waals surface area contributed by atoms with E-state index in [4.69, 9.17) is 0 Å². The fourth-order valence-corrected chi connectivity index (χ4v) is 3.76. The molecule has 0 bridgehead atoms. The van der Waals surface area contributed by atoms with Gasteiger partial charge in [-0.05, 0) is 25.7 Å². The van der Waals surface area contributed by atoms with Crippen molar-refractivity contribution in [1.82, 2.24) is 15.5 Å². The lowest BCUT2D eigenvalue weighted by molar-refractivity contribution is -0.129. The van der Waals surface area contributed by atoms with E-state index in [9.17, 15) is 9.59 Å². The van der Waals surface area contributed by atoms with Gasteiger partial charge in [-0.25, -0.2) is 4.79 Å². The third-order valence-electron chi connectivity index (χ3n) is 4.97. The molecule has 2 rings (SSSR count). The number of hydrogen-bond donors (Lipinski definition) is 2. The molecule has 1 aliphatic carbocycles. The summed E-state index contributed by atoms with van der Waals surface area (Å²) in [5.41, 5.74) is 0. The third-order valence-corrected chi connectivity index (χ3v) is 4.97. The Bertz CT molecular complexity index is 380. The highest BCUT2D eigenvalue weighted by atomic mass is 16.2. The van der Waals surface area contributed by atoms with Crippen molar-refractivity contribution in [2.45, 2.75) is 77.3 Å². The zero-order valence-corrected chi connectivity index (χ0v) is 14.1. The van der Waals surface area contributed by atoms with Crippen LogP contribution in [0.5, 0.6) is 0 Å². The topological polar surface area (TPSA) is 61.4 Å². The largest absolute Gasteiger partial charge is 0.341 e. The second kappa shape index (κ2) is 8.39. The van der Waals surface area contributed by atoms with Crippen molar-refractivity contribution in [3.63, 3.8) is 0 Å². The molecule has 0 aromatic rings. The minimum atomic E-state index is -0.0842. The molecule has 0 aromatic heterocycles. The highest BCUT2D eigenvalue weighted by Gasteiger charge is 2.26. The van der Waals surface area contributed by atoms with Crippen LogP contribution in [0.2, 0.25) is 0 Å². The molecule has 0 spiro atoms. The molecule has 1 saturated heterocycles. The van der Waals surface area contributed by atoms with Crippen molar-refractivity contribution in [2.24, 2.45) is 5.92 Å². The fourth-order valence-electron chi connectivity index (χ4n) is 3.76. The van der Waals surface area contributed by atoms with Crippen LogP contribution in [0.3, 0.4) is 0 Å². The van der Waals surface area contributed by atoms with Crippen molar-refractivity contribution < 1.29 is 9.59 Å². The summed E-state index contributed by atoms with van der Waals surface area (Å²) in [5.74, 6) is 0.948. The fraction of sp³-hybridized carbons (Fsp3) is 0.882. The van der Waals surface area contributed by atoms with Crippen LogP contribution in [0, 0.1) is 5.92 Å². The first-order chi connectivity index (χ1) is 10.6. The number of hydrogen-bond acceptors (Lipinski definition) is 2. The van der Waals surface area contributed by atoms with Gasteiger partial charge in [0.05, 0.1) is 0 Å². The van der Waals surface area contributed by atoms with Gasteiger partial charge in [-0.2, -0.15) is 0 Å². The lowest BCUT2D eigenvalue weighted by atomic mass is 9.85. The van der Waals surface area contributed by atoms with E-state index in [1.54, 1.807) is 0 Å². The molecule has 2 aliphatic rings. The van der Waals surface area contributed by atoms with Gasteiger partial charge in [0.15, 0.2) is 0 Å². The Labute approximate surface area is 134 Å². The normalized spacial score (nSPS) is 24.1. The summed E-state index contributed by atoms with van der Waals surface area (Å²) in [7, 11) is 0. The first-order valence-electron chi connectivity index (χ1n) is 8.93. The molecule has 2 N–H and O–H groups in total. The number of nitrogens with zero attached hydrogens (tertiary/aromatic N) is 1. The van der Waals surface area contributed by atoms with E-state index in [1.165, 1.54) is 32.1 Å². The molecule has 1 aliphatic heterocycles. The minimum Gasteiger partial charge on any atom is -0.341 e. The maximum absolute atomic E-state index is 12.1. The monoisotopic (exact) mass is 309 g/mol. The van der Waals surface area contributed by atoms with Gasteiger partial charge >= 0.3 is 6.03 Å². The number of nitrogens with one attached hydrogen (secondary N) is 2. The molecule has 126 valence electrons. The Morgan fingerprint density at radius 3 is 2.59 bits per heavy atom. The quantitative estimate of drug-likeness (QED) is 0.820. The summed E-state index contributed by atoms with van der Waals surface area (Å²) >= 11 is 0. The van der Waals surface area contributed by atoms with Crippen molar-refractivity contribution >= 4 is 11.9 Å². The van der Waals surface area contributed by atoms with E-state index in [2.05, 4.69) is 17.6 Å². The Hall–Kier alpha value is -1.26. The Morgan fingerprint density at radius 2 is 1.91 bits per heavy atom. The van der Waals surface area contributed by atoms with Crippen molar-refractivity contribution in [3.8, 4) is 0 Å². The molecule has 0 unspecified atom stereocenters. The van der Waals surface area contributed by atoms with E-state index < -0.39 is 0 Å². The molecule has 2 fully saturated rings. The highest BCUT2D eigenvalue weighted by Crippen LogP contribution is 2.27. The second-order valence-electron chi connectivity index (χ2n) is 6.94. The second-order valence-corrected chi connectivity index (χ2v) is 6.94. The Kier molecular flexibility index (Phi) is 6.52. The number of amides is 3. The first-order valence-corrected chi connectivity index (χ1v) is 8.93. The predicted molar refractivity (Wildman–Crippen MR) is 87.6 cm³/mol. The number of likely N-dealkylation sites (tertiary alicyclic amines) is 1. The van der Waals surface area contributed by atoms with Gasteiger partial charge in [0, 0.05) is 31.6 Å². The van der Waals surface area contributed by atoms with Crippen LogP contribution in [-0.2, 0) is 4.79 Å². The Balaban J connectivity index is 1.66. The molecule has 5 nitrogen and oxygen atoms in total. The lowest BCUT2D eigenvalue weighted by Gasteiger charge is -2.25. The maximum Gasteiger partial charge on any atom is 0.315 e. The van der Waals surface area contributed by atoms with Gasteiger partial charge in [0.2, 0.25) is 5.91 Å². The molecule has 22 heavy (non-hydrogen) atoms. The summed E-state index contributed by atoms with van der Waals surface area (Å²) in [4.78, 5) is 25.6. The van der Waals surface area contributed by atoms with E-state index in [1.807, 2.05) is 11.8 Å². The smallest absolute Gasteiger partial charge is 0.315 e. The van der Waals surface area contributed by atoms with Gasteiger partial charge in [-0.15, -0.1) is 0 Å². The predicted octanol–water partition coefficient (Wildman–Crippen LogP) is 2.66. The number of carbonyl (C=O) groups is 2. The summed E-state index contributed by atoms with van der Waals surface area (Å²) < 4.78 is 0. The van der Waals surface area contributed by atoms with Gasteiger partial charge in [-0.3, -0.25) is 4.79 Å². The molecule has 5 heteroatoms. The lowest BCUT2D eigenvalue weighted by Crippen LogP contribution is -2.47. The molecule has 2 atom stereocenters. The van der Waals surface area contributed by atoms with Crippen LogP contribution in [-0.4, -0.2) is 42.0 Å². The average Bonchev–Trinajstić information content (AvgIpc) is 2.95. The zero-order valence-electron chi connectivity index (χ0n) is 14.1. The van der Waals surface area contributed by atoms with Crippen LogP contribution in [0.4, 0.5) is 4.79 Å². The summed E-state index contributed by atoms with van der Waals surface area (Å²) in [6, 6.07) is 0.231. The van der Waals surface area contributed by atoms with Crippen LogP contribution >= 0.6 is 0 Å². The summed E-state index contributed by atoms with van der Waals surface area (Å²) in [6.45, 7) is 5.38. The molecule has 0 aromatic carbocycles. The molecular weight excluding hydrogens is 278 g/mol. The highest BCUT2D eigenvalue weighted by molar-refractivity contribution is 5.77. The molecule has 1 heterocycles. The summed E-state index contributed by atoms with van der Waals surface area (Å²) in [5, 5.41) is 6.07. The minimum absolute atomic E-state index is 0.0842. The molecular formula is C17H31N3O2. The molecule has 0 radical (unpaired) electrons. The van der Waals surface area contributed by atoms with E-state index >= 15 is 0 Å². The van der Waals surface area contributed by atoms with Gasteiger partial charge < -0.3 is 15.5 Å². The number of urea groups is 1. The van der Waals surface area contributed by atoms with Crippen LogP contribution < -0.4 is 10.6 Å². The van der Waals surface area contributed by atoms with E-state index in [0.717, 1.165) is 25.3 Å². The number of rotatable bonds is 5. The SMILES string of the molecule is CCC(=O)N1CC[C@@H](NC(=O)N[C@H](C)CC2CCCCC2)C1. The van der Waals surface area contributed by atoms with Crippen LogP contribution in [0.15, 0.2) is 0 Å². The standard InChI is InChI=1S/C17H31N3O2/c1-3-16(21)20-10-9-15(12-20)19-17(22)18-13(2)11-14-7-5-4-6-8-14/h13-15H,3-12H2,1-2H3,(H2,18,19,22)/t13-,15-/m1/s1. The molecule has 1 saturated carbocycles. The van der Waals surface area contributed by atoms with Crippen molar-refractivity contribution in [3.05, 3.63) is 0 Å². The van der Waals surface area contributed by atoms with E-state index in [-0.39, 0.29) is 24.0 Å². The van der Waals surface area contributed by atoms with Gasteiger partial charge in [0.25, 0.3) is 0 Å². The number of carbonyl (C=O) groups excluding carboxylic acids is 2. The van der Waals surface area contributed by atoms with Crippen LogP contribution in [0.1, 0.15) is 65.2 Å².